The van der Waals surface area contributed by atoms with Crippen molar-refractivity contribution in [1.29, 1.82) is 0 Å². The Hall–Kier alpha value is -0.540. The minimum atomic E-state index is -0.847. The Labute approximate surface area is 96.0 Å². The van der Waals surface area contributed by atoms with Gasteiger partial charge in [0, 0.05) is 9.50 Å². The molecule has 76 valence electrons. The normalized spacial score (nSPS) is 10.3. The number of rotatable bonds is 2. The van der Waals surface area contributed by atoms with Gasteiger partial charge in [0.25, 0.3) is 0 Å². The van der Waals surface area contributed by atoms with Crippen LogP contribution in [0.5, 0.6) is 0 Å². The van der Waals surface area contributed by atoms with Gasteiger partial charge >= 0.3 is 5.97 Å². The predicted octanol–water partition coefficient (Wildman–Crippen LogP) is 3.35. The molecule has 0 radical (unpaired) electrons. The molecule has 0 saturated carbocycles. The Morgan fingerprint density at radius 3 is 2.57 bits per heavy atom. The lowest BCUT2D eigenvalue weighted by atomic mass is 10.0. The van der Waals surface area contributed by atoms with Crippen molar-refractivity contribution in [1.82, 2.24) is 0 Å². The smallest absolute Gasteiger partial charge is 0.307 e. The Morgan fingerprint density at radius 2 is 2.07 bits per heavy atom. The van der Waals surface area contributed by atoms with E-state index in [9.17, 15) is 4.79 Å². The zero-order valence-electron chi connectivity index (χ0n) is 7.90. The molecule has 0 aliphatic heterocycles. The van der Waals surface area contributed by atoms with E-state index in [4.69, 9.17) is 16.7 Å². The van der Waals surface area contributed by atoms with Crippen LogP contribution in [0.1, 0.15) is 16.7 Å². The lowest BCUT2D eigenvalue weighted by Crippen LogP contribution is -2.03. The van der Waals surface area contributed by atoms with Crippen LogP contribution in [0, 0.1) is 13.8 Å². The van der Waals surface area contributed by atoms with Gasteiger partial charge in [0.05, 0.1) is 6.42 Å². The van der Waals surface area contributed by atoms with E-state index in [-0.39, 0.29) is 6.42 Å². The average Bonchev–Trinajstić information content (AvgIpc) is 2.10. The monoisotopic (exact) mass is 276 g/mol. The molecule has 0 atom stereocenters. The number of carboxylic acid groups (broad SMARTS) is 1. The van der Waals surface area contributed by atoms with E-state index in [0.29, 0.717) is 5.02 Å². The fourth-order valence-corrected chi connectivity index (χ4v) is 2.05. The van der Waals surface area contributed by atoms with Crippen molar-refractivity contribution >= 4 is 33.5 Å². The van der Waals surface area contributed by atoms with Gasteiger partial charge in [-0.15, -0.1) is 0 Å². The minimum absolute atomic E-state index is 0.00440. The van der Waals surface area contributed by atoms with Crippen LogP contribution in [0.15, 0.2) is 10.5 Å². The highest BCUT2D eigenvalue weighted by Crippen LogP contribution is 2.30. The summed E-state index contributed by atoms with van der Waals surface area (Å²) in [6, 6.07) is 1.71. The Morgan fingerprint density at radius 1 is 1.50 bits per heavy atom. The zero-order valence-corrected chi connectivity index (χ0v) is 10.2. The molecule has 0 saturated heterocycles. The lowest BCUT2D eigenvalue weighted by molar-refractivity contribution is -0.136. The molecule has 14 heavy (non-hydrogen) atoms. The van der Waals surface area contributed by atoms with Crippen molar-refractivity contribution in [2.75, 3.05) is 0 Å². The third-order valence-corrected chi connectivity index (χ3v) is 3.72. The van der Waals surface area contributed by atoms with E-state index < -0.39 is 5.97 Å². The van der Waals surface area contributed by atoms with Gasteiger partial charge in [-0.1, -0.05) is 27.5 Å². The van der Waals surface area contributed by atoms with E-state index in [1.807, 2.05) is 13.8 Å². The third-order valence-electron chi connectivity index (χ3n) is 2.14. The molecule has 0 fully saturated rings. The van der Waals surface area contributed by atoms with Crippen LogP contribution < -0.4 is 0 Å². The first-order chi connectivity index (χ1) is 6.43. The largest absolute Gasteiger partial charge is 0.481 e. The highest BCUT2D eigenvalue weighted by atomic mass is 79.9. The van der Waals surface area contributed by atoms with Gasteiger partial charge in [0.15, 0.2) is 0 Å². The summed E-state index contributed by atoms with van der Waals surface area (Å²) < 4.78 is 0.890. The van der Waals surface area contributed by atoms with Gasteiger partial charge < -0.3 is 5.11 Å². The van der Waals surface area contributed by atoms with Gasteiger partial charge in [-0.3, -0.25) is 4.79 Å². The molecule has 4 heteroatoms. The molecule has 0 heterocycles. The van der Waals surface area contributed by atoms with Crippen LogP contribution in [0.4, 0.5) is 0 Å². The van der Waals surface area contributed by atoms with Crippen molar-refractivity contribution in [2.24, 2.45) is 0 Å². The van der Waals surface area contributed by atoms with E-state index >= 15 is 0 Å². The Balaban J connectivity index is 3.25. The molecule has 1 rings (SSSR count). The van der Waals surface area contributed by atoms with Crippen LogP contribution in [-0.2, 0) is 11.2 Å². The maximum Gasteiger partial charge on any atom is 0.307 e. The fraction of sp³-hybridized carbons (Fsp3) is 0.300. The molecule has 1 aromatic rings. The van der Waals surface area contributed by atoms with E-state index in [2.05, 4.69) is 15.9 Å². The Bertz CT molecular complexity index is 388. The lowest BCUT2D eigenvalue weighted by Gasteiger charge is -2.10. The van der Waals surface area contributed by atoms with Crippen LogP contribution in [-0.4, -0.2) is 11.1 Å². The molecule has 0 aliphatic rings. The number of benzene rings is 1. The summed E-state index contributed by atoms with van der Waals surface area (Å²) in [4.78, 5) is 10.6. The number of hydrogen-bond acceptors (Lipinski definition) is 1. The van der Waals surface area contributed by atoms with Gasteiger partial charge in [0.2, 0.25) is 0 Å². The van der Waals surface area contributed by atoms with Crippen molar-refractivity contribution in [3.63, 3.8) is 0 Å². The van der Waals surface area contributed by atoms with Crippen molar-refractivity contribution in [3.8, 4) is 0 Å². The summed E-state index contributed by atoms with van der Waals surface area (Å²) in [5, 5.41) is 9.28. The number of carboxylic acids is 1. The summed E-state index contributed by atoms with van der Waals surface area (Å²) in [6.45, 7) is 3.77. The van der Waals surface area contributed by atoms with Crippen molar-refractivity contribution in [2.45, 2.75) is 20.3 Å². The minimum Gasteiger partial charge on any atom is -0.481 e. The molecular weight excluding hydrogens is 267 g/mol. The molecule has 2 nitrogen and oxygen atoms in total. The third kappa shape index (κ3) is 2.28. The molecule has 1 aromatic carbocycles. The quantitative estimate of drug-likeness (QED) is 0.900. The summed E-state index contributed by atoms with van der Waals surface area (Å²) in [5.74, 6) is -0.847. The summed E-state index contributed by atoms with van der Waals surface area (Å²) >= 11 is 9.34. The number of carbonyl (C=O) groups is 1. The van der Waals surface area contributed by atoms with Crippen LogP contribution in [0.25, 0.3) is 0 Å². The molecule has 0 bridgehead atoms. The topological polar surface area (TPSA) is 37.3 Å². The predicted molar refractivity (Wildman–Crippen MR) is 60.0 cm³/mol. The van der Waals surface area contributed by atoms with Gasteiger partial charge in [-0.25, -0.2) is 0 Å². The molecule has 0 unspecified atom stereocenters. The van der Waals surface area contributed by atoms with E-state index in [1.165, 1.54) is 0 Å². The zero-order chi connectivity index (χ0) is 10.9. The highest BCUT2D eigenvalue weighted by Gasteiger charge is 2.11. The maximum atomic E-state index is 10.6. The second kappa shape index (κ2) is 4.32. The summed E-state index contributed by atoms with van der Waals surface area (Å²) in [5.41, 5.74) is 2.63. The van der Waals surface area contributed by atoms with Crippen LogP contribution >= 0.6 is 27.5 Å². The van der Waals surface area contributed by atoms with Gasteiger partial charge in [-0.2, -0.15) is 0 Å². The maximum absolute atomic E-state index is 10.6. The second-order valence-electron chi connectivity index (χ2n) is 3.15. The number of aliphatic carboxylic acids is 1. The van der Waals surface area contributed by atoms with Crippen molar-refractivity contribution in [3.05, 3.63) is 32.3 Å². The highest BCUT2D eigenvalue weighted by molar-refractivity contribution is 9.10. The number of halogens is 2. The molecule has 0 spiro atoms. The first-order valence-electron chi connectivity index (χ1n) is 4.09. The SMILES string of the molecule is Cc1c(Cl)cc(CC(=O)O)c(C)c1Br. The van der Waals surface area contributed by atoms with Gasteiger partial charge in [-0.05, 0) is 36.6 Å². The van der Waals surface area contributed by atoms with Crippen molar-refractivity contribution < 1.29 is 9.90 Å². The summed E-state index contributed by atoms with van der Waals surface area (Å²) in [7, 11) is 0. The van der Waals surface area contributed by atoms with Crippen LogP contribution in [0.2, 0.25) is 5.02 Å². The molecule has 0 aromatic heterocycles. The molecular formula is C10H10BrClO2. The van der Waals surface area contributed by atoms with E-state index in [0.717, 1.165) is 21.2 Å². The second-order valence-corrected chi connectivity index (χ2v) is 4.35. The Kier molecular flexibility index (Phi) is 3.56. The fourth-order valence-electron chi connectivity index (χ4n) is 1.24. The van der Waals surface area contributed by atoms with Gasteiger partial charge in [0.1, 0.15) is 0 Å². The van der Waals surface area contributed by atoms with Crippen LogP contribution in [0.3, 0.4) is 0 Å². The molecule has 0 amide bonds. The number of hydrogen-bond donors (Lipinski definition) is 1. The average molecular weight is 278 g/mol. The standard InChI is InChI=1S/C10H10BrClO2/c1-5-7(4-9(13)14)3-8(12)6(2)10(5)11/h3H,4H2,1-2H3,(H,13,14). The first kappa shape index (κ1) is 11.5. The van der Waals surface area contributed by atoms with E-state index in [1.54, 1.807) is 6.07 Å². The molecule has 1 N–H and O–H groups in total. The first-order valence-corrected chi connectivity index (χ1v) is 5.26. The molecule has 0 aliphatic carbocycles. The summed E-state index contributed by atoms with van der Waals surface area (Å²) in [6.07, 6.45) is 0.00440.